The summed E-state index contributed by atoms with van der Waals surface area (Å²) in [7, 11) is 6.43. The summed E-state index contributed by atoms with van der Waals surface area (Å²) in [6.45, 7) is -0.359. The van der Waals surface area contributed by atoms with Crippen molar-refractivity contribution in [2.75, 3.05) is 35.1 Å². The third kappa shape index (κ3) is 5.04. The summed E-state index contributed by atoms with van der Waals surface area (Å²) in [5.41, 5.74) is 2.14. The van der Waals surface area contributed by atoms with Crippen LogP contribution in [0.3, 0.4) is 0 Å². The van der Waals surface area contributed by atoms with E-state index in [4.69, 9.17) is 18.9 Å². The Kier molecular flexibility index (Phi) is 7.57. The average Bonchev–Trinajstić information content (AvgIpc) is 2.70. The van der Waals surface area contributed by atoms with Gasteiger partial charge in [-0.25, -0.2) is 0 Å². The number of alkyl halides is 1. The first-order valence-electron chi connectivity index (χ1n) is 8.62. The Morgan fingerprint density at radius 3 is 1.73 bits per heavy atom. The normalized spacial score (nSPS) is 11.7. The van der Waals surface area contributed by atoms with Gasteiger partial charge in [0.2, 0.25) is 0 Å². The number of halogens is 1. The van der Waals surface area contributed by atoms with Crippen LogP contribution in [0.25, 0.3) is 0 Å². The molecule has 0 saturated carbocycles. The van der Waals surface area contributed by atoms with Gasteiger partial charge in [-0.1, -0.05) is 12.1 Å². The fraction of sp³-hybridized carbons (Fsp3) is 0.429. The Morgan fingerprint density at radius 2 is 1.23 bits per heavy atom. The second-order valence-electron chi connectivity index (χ2n) is 6.14. The maximum atomic E-state index is 13.5. The van der Waals surface area contributed by atoms with Crippen LogP contribution in [-0.2, 0) is 12.8 Å². The van der Waals surface area contributed by atoms with Crippen molar-refractivity contribution >= 4 is 0 Å². The fourth-order valence-electron chi connectivity index (χ4n) is 2.98. The van der Waals surface area contributed by atoms with Gasteiger partial charge < -0.3 is 18.9 Å². The molecule has 0 amide bonds. The Morgan fingerprint density at radius 1 is 0.731 bits per heavy atom. The van der Waals surface area contributed by atoms with Gasteiger partial charge in [0.15, 0.2) is 23.0 Å². The van der Waals surface area contributed by atoms with E-state index in [-0.39, 0.29) is 12.6 Å². The Bertz CT molecular complexity index is 702. The second-order valence-corrected chi connectivity index (χ2v) is 6.14. The summed E-state index contributed by atoms with van der Waals surface area (Å²) < 4.78 is 34.7. The smallest absolute Gasteiger partial charge is 0.160 e. The molecule has 0 spiro atoms. The van der Waals surface area contributed by atoms with Gasteiger partial charge in [0, 0.05) is 0 Å². The van der Waals surface area contributed by atoms with E-state index in [2.05, 4.69) is 0 Å². The summed E-state index contributed by atoms with van der Waals surface area (Å²) in [4.78, 5) is 0. The molecule has 2 aromatic carbocycles. The van der Waals surface area contributed by atoms with Crippen molar-refractivity contribution in [2.24, 2.45) is 5.92 Å². The van der Waals surface area contributed by atoms with Gasteiger partial charge in [-0.15, -0.1) is 0 Å². The SMILES string of the molecule is COc1ccc(CC[C@@H](CF)Cc2ccc(OC)c(OC)c2)cc1OC. The standard InChI is InChI=1S/C21H27FO4/c1-23-18-9-7-15(12-20(18)25-3)5-6-17(14-22)11-16-8-10-19(24-2)21(13-16)26-4/h7-10,12-13,17H,5-6,11,14H2,1-4H3/t17-/m1/s1. The molecule has 0 aliphatic heterocycles. The zero-order chi connectivity index (χ0) is 18.9. The lowest BCUT2D eigenvalue weighted by Crippen LogP contribution is -2.09. The first kappa shape index (κ1) is 19.9. The summed E-state index contributed by atoms with van der Waals surface area (Å²) in [5, 5.41) is 0. The molecule has 1 atom stereocenters. The third-order valence-electron chi connectivity index (χ3n) is 4.48. The lowest BCUT2D eigenvalue weighted by Gasteiger charge is -2.16. The predicted octanol–water partition coefficient (Wildman–Crippen LogP) is 4.48. The van der Waals surface area contributed by atoms with E-state index in [0.717, 1.165) is 24.0 Å². The average molecular weight is 362 g/mol. The van der Waals surface area contributed by atoms with E-state index < -0.39 is 0 Å². The van der Waals surface area contributed by atoms with E-state index in [1.54, 1.807) is 28.4 Å². The van der Waals surface area contributed by atoms with Crippen LogP contribution >= 0.6 is 0 Å². The van der Waals surface area contributed by atoms with Crippen molar-refractivity contribution in [1.82, 2.24) is 0 Å². The minimum Gasteiger partial charge on any atom is -0.493 e. The van der Waals surface area contributed by atoms with Crippen LogP contribution in [0.1, 0.15) is 17.5 Å². The number of rotatable bonds is 10. The van der Waals surface area contributed by atoms with Crippen LogP contribution in [0.4, 0.5) is 4.39 Å². The van der Waals surface area contributed by atoms with E-state index >= 15 is 0 Å². The minimum absolute atomic E-state index is 0.0544. The van der Waals surface area contributed by atoms with Crippen LogP contribution in [0.5, 0.6) is 23.0 Å². The molecule has 0 heterocycles. The number of hydrogen-bond donors (Lipinski definition) is 0. The fourth-order valence-corrected chi connectivity index (χ4v) is 2.98. The minimum atomic E-state index is -0.359. The third-order valence-corrected chi connectivity index (χ3v) is 4.48. The van der Waals surface area contributed by atoms with Crippen molar-refractivity contribution in [3.8, 4) is 23.0 Å². The number of ether oxygens (including phenoxy) is 4. The van der Waals surface area contributed by atoms with E-state index in [1.807, 2.05) is 36.4 Å². The van der Waals surface area contributed by atoms with Crippen LogP contribution in [0.15, 0.2) is 36.4 Å². The highest BCUT2D eigenvalue weighted by molar-refractivity contribution is 5.44. The van der Waals surface area contributed by atoms with Crippen molar-refractivity contribution in [3.05, 3.63) is 47.5 Å². The largest absolute Gasteiger partial charge is 0.493 e. The topological polar surface area (TPSA) is 36.9 Å². The summed E-state index contributed by atoms with van der Waals surface area (Å²) in [5.74, 6) is 2.69. The maximum Gasteiger partial charge on any atom is 0.160 e. The molecule has 0 aliphatic rings. The van der Waals surface area contributed by atoms with Gasteiger partial charge in [0.1, 0.15) is 0 Å². The quantitative estimate of drug-likeness (QED) is 0.624. The van der Waals surface area contributed by atoms with Gasteiger partial charge >= 0.3 is 0 Å². The summed E-state index contributed by atoms with van der Waals surface area (Å²) in [6.07, 6.45) is 2.19. The maximum absolute atomic E-state index is 13.5. The number of hydrogen-bond acceptors (Lipinski definition) is 4. The van der Waals surface area contributed by atoms with Crippen LogP contribution in [0.2, 0.25) is 0 Å². The molecular weight excluding hydrogens is 335 g/mol. The molecule has 0 saturated heterocycles. The van der Waals surface area contributed by atoms with Crippen LogP contribution in [0, 0.1) is 5.92 Å². The molecule has 0 radical (unpaired) electrons. The van der Waals surface area contributed by atoms with Crippen LogP contribution < -0.4 is 18.9 Å². The molecule has 0 N–H and O–H groups in total. The zero-order valence-corrected chi connectivity index (χ0v) is 15.9. The Labute approximate surface area is 154 Å². The first-order chi connectivity index (χ1) is 12.6. The molecule has 0 bridgehead atoms. The van der Waals surface area contributed by atoms with Gasteiger partial charge in [0.25, 0.3) is 0 Å². The number of benzene rings is 2. The second kappa shape index (κ2) is 9.90. The predicted molar refractivity (Wildman–Crippen MR) is 101 cm³/mol. The highest BCUT2D eigenvalue weighted by atomic mass is 19.1. The molecule has 0 unspecified atom stereocenters. The molecular formula is C21H27FO4. The molecule has 0 aromatic heterocycles. The molecule has 2 aromatic rings. The lowest BCUT2D eigenvalue weighted by molar-refractivity contribution is 0.338. The highest BCUT2D eigenvalue weighted by Gasteiger charge is 2.13. The summed E-state index contributed by atoms with van der Waals surface area (Å²) >= 11 is 0. The first-order valence-corrected chi connectivity index (χ1v) is 8.62. The van der Waals surface area contributed by atoms with Crippen molar-refractivity contribution < 1.29 is 23.3 Å². The molecule has 2 rings (SSSR count). The summed E-state index contributed by atoms with van der Waals surface area (Å²) in [6, 6.07) is 11.6. The van der Waals surface area contributed by atoms with E-state index in [9.17, 15) is 4.39 Å². The Balaban J connectivity index is 2.01. The van der Waals surface area contributed by atoms with Gasteiger partial charge in [-0.2, -0.15) is 0 Å². The highest BCUT2D eigenvalue weighted by Crippen LogP contribution is 2.30. The molecule has 0 aliphatic carbocycles. The van der Waals surface area contributed by atoms with E-state index in [1.165, 1.54) is 0 Å². The van der Waals surface area contributed by atoms with Gasteiger partial charge in [0.05, 0.1) is 35.1 Å². The monoisotopic (exact) mass is 362 g/mol. The Hall–Kier alpha value is -2.43. The number of methoxy groups -OCH3 is 4. The van der Waals surface area contributed by atoms with Crippen molar-refractivity contribution in [3.63, 3.8) is 0 Å². The van der Waals surface area contributed by atoms with Gasteiger partial charge in [-0.3, -0.25) is 4.39 Å². The molecule has 26 heavy (non-hydrogen) atoms. The number of aryl methyl sites for hydroxylation is 1. The molecule has 0 fully saturated rings. The van der Waals surface area contributed by atoms with Gasteiger partial charge in [-0.05, 0) is 60.6 Å². The molecule has 5 heteroatoms. The van der Waals surface area contributed by atoms with Crippen LogP contribution in [-0.4, -0.2) is 35.1 Å². The molecule has 142 valence electrons. The zero-order valence-electron chi connectivity index (χ0n) is 15.9. The van der Waals surface area contributed by atoms with Crippen molar-refractivity contribution in [1.29, 1.82) is 0 Å². The van der Waals surface area contributed by atoms with Crippen molar-refractivity contribution in [2.45, 2.75) is 19.3 Å². The lowest BCUT2D eigenvalue weighted by atomic mass is 9.93. The molecule has 4 nitrogen and oxygen atoms in total. The van der Waals surface area contributed by atoms with E-state index in [0.29, 0.717) is 29.4 Å².